The van der Waals surface area contributed by atoms with Crippen molar-refractivity contribution in [1.29, 1.82) is 0 Å². The molecule has 0 bridgehead atoms. The molecule has 0 spiro atoms. The Labute approximate surface area is 167 Å². The highest BCUT2D eigenvalue weighted by molar-refractivity contribution is 5.98. The van der Waals surface area contributed by atoms with Crippen molar-refractivity contribution < 1.29 is 18.7 Å². The first-order valence-corrected chi connectivity index (χ1v) is 9.49. The number of morpholine rings is 1. The van der Waals surface area contributed by atoms with Gasteiger partial charge in [0.2, 0.25) is 5.91 Å². The van der Waals surface area contributed by atoms with Crippen LogP contribution in [0.5, 0.6) is 0 Å². The first-order chi connectivity index (χ1) is 14.1. The lowest BCUT2D eigenvalue weighted by molar-refractivity contribution is 0.0999. The number of nitrogens with zero attached hydrogens (tertiary/aromatic N) is 2. The SMILES string of the molecule is NC(=O)c1cc(-c2ccc(C=O)o2)nc2c1Cc1cc(N3CCOCC3)ccc1-2. The van der Waals surface area contributed by atoms with Gasteiger partial charge in [-0.2, -0.15) is 0 Å². The third-order valence-electron chi connectivity index (χ3n) is 5.47. The number of hydrogen-bond donors (Lipinski definition) is 1. The molecule has 1 aromatic carbocycles. The molecule has 1 fully saturated rings. The van der Waals surface area contributed by atoms with Gasteiger partial charge in [-0.15, -0.1) is 0 Å². The molecule has 3 aromatic rings. The van der Waals surface area contributed by atoms with Crippen molar-refractivity contribution in [2.75, 3.05) is 31.2 Å². The minimum atomic E-state index is -0.506. The van der Waals surface area contributed by atoms with Gasteiger partial charge in [0.1, 0.15) is 5.69 Å². The topological polar surface area (TPSA) is 98.7 Å². The summed E-state index contributed by atoms with van der Waals surface area (Å²) in [5.41, 5.74) is 11.4. The molecule has 7 nitrogen and oxygen atoms in total. The molecule has 0 radical (unpaired) electrons. The Morgan fingerprint density at radius 3 is 2.69 bits per heavy atom. The van der Waals surface area contributed by atoms with Crippen LogP contribution in [0.15, 0.2) is 40.8 Å². The zero-order chi connectivity index (χ0) is 20.0. The van der Waals surface area contributed by atoms with E-state index in [0.29, 0.717) is 29.7 Å². The maximum Gasteiger partial charge on any atom is 0.249 e. The quantitative estimate of drug-likeness (QED) is 0.539. The Hall–Kier alpha value is -3.45. The molecule has 0 saturated carbocycles. The van der Waals surface area contributed by atoms with Crippen LogP contribution in [0, 0.1) is 0 Å². The number of aldehydes is 1. The molecular formula is C22H19N3O4. The van der Waals surface area contributed by atoms with Gasteiger partial charge in [0.25, 0.3) is 0 Å². The number of pyridine rings is 1. The van der Waals surface area contributed by atoms with E-state index < -0.39 is 5.91 Å². The molecule has 0 unspecified atom stereocenters. The largest absolute Gasteiger partial charge is 0.452 e. The van der Waals surface area contributed by atoms with Gasteiger partial charge in [0, 0.05) is 36.3 Å². The number of rotatable bonds is 4. The number of nitrogens with two attached hydrogens (primary N) is 1. The van der Waals surface area contributed by atoms with Crippen LogP contribution in [0.25, 0.3) is 22.7 Å². The molecule has 1 aliphatic heterocycles. The fourth-order valence-corrected chi connectivity index (χ4v) is 4.04. The van der Waals surface area contributed by atoms with E-state index in [1.807, 2.05) is 6.07 Å². The molecule has 0 atom stereocenters. The minimum Gasteiger partial charge on any atom is -0.452 e. The van der Waals surface area contributed by atoms with Crippen LogP contribution in [-0.2, 0) is 11.2 Å². The van der Waals surface area contributed by atoms with Crippen molar-refractivity contribution in [2.24, 2.45) is 5.73 Å². The second-order valence-corrected chi connectivity index (χ2v) is 7.18. The van der Waals surface area contributed by atoms with E-state index in [-0.39, 0.29) is 5.76 Å². The summed E-state index contributed by atoms with van der Waals surface area (Å²) in [5, 5.41) is 0. The number of carbonyl (C=O) groups is 2. The summed E-state index contributed by atoms with van der Waals surface area (Å²) in [4.78, 5) is 30.1. The van der Waals surface area contributed by atoms with Crippen molar-refractivity contribution >= 4 is 17.9 Å². The molecule has 1 aliphatic carbocycles. The summed E-state index contributed by atoms with van der Waals surface area (Å²) < 4.78 is 10.9. The van der Waals surface area contributed by atoms with E-state index in [2.05, 4.69) is 17.0 Å². The van der Waals surface area contributed by atoms with Crippen molar-refractivity contribution in [1.82, 2.24) is 4.98 Å². The van der Waals surface area contributed by atoms with Gasteiger partial charge < -0.3 is 19.8 Å². The van der Waals surface area contributed by atoms with Crippen LogP contribution in [0.4, 0.5) is 5.69 Å². The third kappa shape index (κ3) is 3.00. The zero-order valence-electron chi connectivity index (χ0n) is 15.7. The predicted molar refractivity (Wildman–Crippen MR) is 107 cm³/mol. The zero-order valence-corrected chi connectivity index (χ0v) is 15.7. The van der Waals surface area contributed by atoms with Crippen LogP contribution in [-0.4, -0.2) is 43.5 Å². The van der Waals surface area contributed by atoms with Gasteiger partial charge in [-0.25, -0.2) is 4.98 Å². The van der Waals surface area contributed by atoms with Gasteiger partial charge in [0.05, 0.1) is 18.9 Å². The van der Waals surface area contributed by atoms with Gasteiger partial charge in [-0.3, -0.25) is 9.59 Å². The number of primary amides is 1. The maximum atomic E-state index is 12.2. The van der Waals surface area contributed by atoms with Crippen LogP contribution in [0.1, 0.15) is 32.0 Å². The van der Waals surface area contributed by atoms with Crippen LogP contribution in [0.3, 0.4) is 0 Å². The van der Waals surface area contributed by atoms with Gasteiger partial charge in [-0.05, 0) is 41.5 Å². The number of hydrogen-bond acceptors (Lipinski definition) is 6. The van der Waals surface area contributed by atoms with Crippen molar-refractivity contribution in [3.8, 4) is 22.7 Å². The van der Waals surface area contributed by atoms with Gasteiger partial charge in [0.15, 0.2) is 17.8 Å². The molecule has 146 valence electrons. The number of aromatic nitrogens is 1. The third-order valence-corrected chi connectivity index (χ3v) is 5.47. The lowest BCUT2D eigenvalue weighted by atomic mass is 10.0. The normalized spacial score (nSPS) is 15.1. The van der Waals surface area contributed by atoms with E-state index in [0.717, 1.165) is 54.4 Å². The summed E-state index contributed by atoms with van der Waals surface area (Å²) in [5.74, 6) is 0.127. The summed E-state index contributed by atoms with van der Waals surface area (Å²) in [6, 6.07) is 11.2. The average Bonchev–Trinajstić information content (AvgIpc) is 3.37. The molecule has 2 aromatic heterocycles. The molecule has 5 rings (SSSR count). The monoisotopic (exact) mass is 389 g/mol. The summed E-state index contributed by atoms with van der Waals surface area (Å²) in [7, 11) is 0. The smallest absolute Gasteiger partial charge is 0.249 e. The maximum absolute atomic E-state index is 12.2. The number of anilines is 1. The van der Waals surface area contributed by atoms with Crippen molar-refractivity contribution in [3.05, 3.63) is 58.8 Å². The van der Waals surface area contributed by atoms with E-state index in [1.165, 1.54) is 0 Å². The number of benzene rings is 1. The second-order valence-electron chi connectivity index (χ2n) is 7.18. The van der Waals surface area contributed by atoms with E-state index >= 15 is 0 Å². The van der Waals surface area contributed by atoms with Crippen molar-refractivity contribution in [3.63, 3.8) is 0 Å². The first-order valence-electron chi connectivity index (χ1n) is 9.49. The fourth-order valence-electron chi connectivity index (χ4n) is 4.04. The lowest BCUT2D eigenvalue weighted by Gasteiger charge is -2.29. The van der Waals surface area contributed by atoms with Crippen LogP contribution in [0.2, 0.25) is 0 Å². The predicted octanol–water partition coefficient (Wildman–Crippen LogP) is 2.66. The molecule has 1 saturated heterocycles. The number of furan rings is 1. The minimum absolute atomic E-state index is 0.207. The number of amides is 1. The molecule has 3 heterocycles. The highest BCUT2D eigenvalue weighted by Crippen LogP contribution is 2.40. The Morgan fingerprint density at radius 2 is 1.97 bits per heavy atom. The van der Waals surface area contributed by atoms with Gasteiger partial charge in [-0.1, -0.05) is 6.07 Å². The summed E-state index contributed by atoms with van der Waals surface area (Å²) >= 11 is 0. The number of fused-ring (bicyclic) bond motifs is 3. The molecule has 29 heavy (non-hydrogen) atoms. The first kappa shape index (κ1) is 17.6. The number of ether oxygens (including phenoxy) is 1. The highest BCUT2D eigenvalue weighted by Gasteiger charge is 2.27. The van der Waals surface area contributed by atoms with Gasteiger partial charge >= 0.3 is 0 Å². The standard InChI is InChI=1S/C22H19N3O4/c23-22(27)18-11-19(20-4-2-15(12-26)29-20)24-21-16-3-1-14(9-13(16)10-17(18)21)25-5-7-28-8-6-25/h1-4,9,11-12H,5-8,10H2,(H2,23,27). The molecule has 7 heteroatoms. The van der Waals surface area contributed by atoms with E-state index in [1.54, 1.807) is 18.2 Å². The fraction of sp³-hybridized carbons (Fsp3) is 0.227. The average molecular weight is 389 g/mol. The van der Waals surface area contributed by atoms with Crippen LogP contribution >= 0.6 is 0 Å². The Morgan fingerprint density at radius 1 is 1.14 bits per heavy atom. The van der Waals surface area contributed by atoms with Crippen LogP contribution < -0.4 is 10.6 Å². The van der Waals surface area contributed by atoms with E-state index in [9.17, 15) is 9.59 Å². The Kier molecular flexibility index (Phi) is 4.17. The highest BCUT2D eigenvalue weighted by atomic mass is 16.5. The second kappa shape index (κ2) is 6.86. The molecule has 2 aliphatic rings. The molecule has 1 amide bonds. The molecule has 2 N–H and O–H groups in total. The van der Waals surface area contributed by atoms with E-state index in [4.69, 9.17) is 19.9 Å². The lowest BCUT2D eigenvalue weighted by Crippen LogP contribution is -2.36. The van der Waals surface area contributed by atoms with Crippen molar-refractivity contribution in [2.45, 2.75) is 6.42 Å². The number of carbonyl (C=O) groups excluding carboxylic acids is 2. The Bertz CT molecular complexity index is 1130. The summed E-state index contributed by atoms with van der Waals surface area (Å²) in [6.45, 7) is 3.16. The molecular weight excluding hydrogens is 370 g/mol. The summed E-state index contributed by atoms with van der Waals surface area (Å²) in [6.07, 6.45) is 1.24. The Balaban J connectivity index is 1.59.